The van der Waals surface area contributed by atoms with Gasteiger partial charge in [0.25, 0.3) is 0 Å². The summed E-state index contributed by atoms with van der Waals surface area (Å²) in [6.07, 6.45) is 5.31. The van der Waals surface area contributed by atoms with Crippen molar-refractivity contribution in [2.75, 3.05) is 12.8 Å². The minimum absolute atomic E-state index is 0.0195. The third kappa shape index (κ3) is 5.15. The van der Waals surface area contributed by atoms with Crippen molar-refractivity contribution in [3.8, 4) is 17.0 Å². The van der Waals surface area contributed by atoms with Crippen LogP contribution in [0.2, 0.25) is 0 Å². The van der Waals surface area contributed by atoms with Gasteiger partial charge in [-0.2, -0.15) is 5.10 Å². The fourth-order valence-corrected chi connectivity index (χ4v) is 6.81. The molecule has 1 aliphatic carbocycles. The molecule has 4 N–H and O–H groups in total. The number of halogens is 2. The van der Waals surface area contributed by atoms with E-state index in [4.69, 9.17) is 21.3 Å². The van der Waals surface area contributed by atoms with Crippen molar-refractivity contribution in [2.24, 2.45) is 5.73 Å². The van der Waals surface area contributed by atoms with Gasteiger partial charge in [-0.15, -0.1) is 0 Å². The zero-order valence-electron chi connectivity index (χ0n) is 22.7. The highest BCUT2D eigenvalue weighted by molar-refractivity contribution is 7.90. The van der Waals surface area contributed by atoms with Crippen LogP contribution < -0.4 is 16.2 Å². The van der Waals surface area contributed by atoms with Crippen LogP contribution in [-0.2, 0) is 15.6 Å². The van der Waals surface area contributed by atoms with E-state index in [0.29, 0.717) is 11.1 Å². The molecular formula is C29H33F2N5O3S. The van der Waals surface area contributed by atoms with Gasteiger partial charge in [-0.3, -0.25) is 4.68 Å². The molecule has 2 aromatic carbocycles. The first-order valence-corrected chi connectivity index (χ1v) is 14.9. The lowest BCUT2D eigenvalue weighted by molar-refractivity contribution is 0.395. The molecule has 11 heteroatoms. The molecule has 0 radical (unpaired) electrons. The molecule has 0 unspecified atom stereocenters. The summed E-state index contributed by atoms with van der Waals surface area (Å²) in [5.74, 6) is -1.52. The fourth-order valence-electron chi connectivity index (χ4n) is 5.46. The molecule has 4 aromatic rings. The first-order valence-electron chi connectivity index (χ1n) is 13.3. The molecule has 1 aliphatic rings. The number of sulfone groups is 1. The number of anilines is 1. The molecule has 8 nitrogen and oxygen atoms in total. The third-order valence-electron chi connectivity index (χ3n) is 7.64. The zero-order chi connectivity index (χ0) is 28.8. The summed E-state index contributed by atoms with van der Waals surface area (Å²) in [6.45, 7) is 3.91. The number of hydrogen-bond donors (Lipinski definition) is 2. The Bertz CT molecular complexity index is 1660. The molecule has 0 atom stereocenters. The summed E-state index contributed by atoms with van der Waals surface area (Å²) in [5, 5.41) is 5.15. The van der Waals surface area contributed by atoms with Crippen LogP contribution >= 0.6 is 0 Å². The van der Waals surface area contributed by atoms with E-state index in [1.807, 2.05) is 13.8 Å². The lowest BCUT2D eigenvalue weighted by Crippen LogP contribution is -2.26. The number of pyridine rings is 1. The van der Waals surface area contributed by atoms with Gasteiger partial charge in [0, 0.05) is 29.4 Å². The van der Waals surface area contributed by atoms with Crippen LogP contribution in [0.1, 0.15) is 62.6 Å². The Morgan fingerprint density at radius 1 is 1.07 bits per heavy atom. The molecule has 212 valence electrons. The summed E-state index contributed by atoms with van der Waals surface area (Å²) < 4.78 is 63.8. The van der Waals surface area contributed by atoms with Gasteiger partial charge in [-0.25, -0.2) is 22.2 Å². The number of hydrogen-bond acceptors (Lipinski definition) is 7. The molecule has 1 fully saturated rings. The van der Waals surface area contributed by atoms with Crippen molar-refractivity contribution >= 4 is 26.6 Å². The first-order chi connectivity index (χ1) is 19.0. The minimum atomic E-state index is -3.95. The summed E-state index contributed by atoms with van der Waals surface area (Å²) in [5.41, 5.74) is 13.9. The van der Waals surface area contributed by atoms with E-state index in [9.17, 15) is 8.42 Å². The monoisotopic (exact) mass is 569 g/mol. The highest BCUT2D eigenvalue weighted by Crippen LogP contribution is 2.42. The van der Waals surface area contributed by atoms with E-state index in [1.165, 1.54) is 31.4 Å². The molecule has 2 heterocycles. The smallest absolute Gasteiger partial charge is 0.182 e. The number of benzene rings is 2. The van der Waals surface area contributed by atoms with Gasteiger partial charge in [0.2, 0.25) is 0 Å². The number of methoxy groups -OCH3 is 1. The highest BCUT2D eigenvalue weighted by atomic mass is 32.2. The Morgan fingerprint density at radius 2 is 1.75 bits per heavy atom. The maximum atomic E-state index is 15.7. The molecule has 0 spiro atoms. The van der Waals surface area contributed by atoms with Crippen LogP contribution in [-0.4, -0.2) is 36.3 Å². The number of rotatable bonds is 7. The standard InChI is InChI=1S/C29H33F2N5O3S/c1-16(2)36-28-23(17-4-6-19(32)7-5-17)14-34-29(33)26(28)27(35-36)22-13-24(30)18(12-25(22)31)15-40(37,38)21-10-8-20(39-3)9-11-21/h8-14,16-17,19H,4-7,15,32H2,1-3H3,(H2,33,34). The Balaban J connectivity index is 1.58. The highest BCUT2D eigenvalue weighted by Gasteiger charge is 2.29. The van der Waals surface area contributed by atoms with Crippen LogP contribution in [0.5, 0.6) is 5.75 Å². The van der Waals surface area contributed by atoms with Gasteiger partial charge >= 0.3 is 0 Å². The Kier molecular flexibility index (Phi) is 7.54. The predicted octanol–water partition coefficient (Wildman–Crippen LogP) is 5.51. The third-order valence-corrected chi connectivity index (χ3v) is 9.32. The lowest BCUT2D eigenvalue weighted by Gasteiger charge is -2.27. The van der Waals surface area contributed by atoms with E-state index in [2.05, 4.69) is 4.98 Å². The van der Waals surface area contributed by atoms with Gasteiger partial charge in [-0.05, 0) is 87.4 Å². The van der Waals surface area contributed by atoms with Gasteiger partial charge in [0.05, 0.1) is 28.7 Å². The Hall–Kier alpha value is -3.57. The Morgan fingerprint density at radius 3 is 2.38 bits per heavy atom. The van der Waals surface area contributed by atoms with Crippen molar-refractivity contribution in [3.63, 3.8) is 0 Å². The summed E-state index contributed by atoms with van der Waals surface area (Å²) >= 11 is 0. The summed E-state index contributed by atoms with van der Waals surface area (Å²) in [6, 6.07) is 7.72. The van der Waals surface area contributed by atoms with E-state index < -0.39 is 27.2 Å². The van der Waals surface area contributed by atoms with Gasteiger partial charge < -0.3 is 16.2 Å². The second-order valence-electron chi connectivity index (χ2n) is 10.7. The zero-order valence-corrected chi connectivity index (χ0v) is 23.5. The second-order valence-corrected chi connectivity index (χ2v) is 12.7. The second kappa shape index (κ2) is 10.8. The average molecular weight is 570 g/mol. The Labute approximate surface area is 232 Å². The van der Waals surface area contributed by atoms with Crippen molar-refractivity contribution in [1.82, 2.24) is 14.8 Å². The molecule has 0 amide bonds. The van der Waals surface area contributed by atoms with Crippen LogP contribution in [0.25, 0.3) is 22.2 Å². The number of fused-ring (bicyclic) bond motifs is 1. The molecule has 0 saturated heterocycles. The van der Waals surface area contributed by atoms with Gasteiger partial charge in [0.1, 0.15) is 28.9 Å². The molecule has 2 aromatic heterocycles. The summed E-state index contributed by atoms with van der Waals surface area (Å²) in [7, 11) is -2.48. The molecule has 40 heavy (non-hydrogen) atoms. The van der Waals surface area contributed by atoms with E-state index in [1.54, 1.807) is 10.9 Å². The van der Waals surface area contributed by atoms with Crippen molar-refractivity contribution in [1.29, 1.82) is 0 Å². The number of aromatic nitrogens is 3. The average Bonchev–Trinajstić information content (AvgIpc) is 3.33. The van der Waals surface area contributed by atoms with Crippen LogP contribution in [0.15, 0.2) is 47.5 Å². The van der Waals surface area contributed by atoms with Gasteiger partial charge in [-0.1, -0.05) is 0 Å². The molecule has 0 bridgehead atoms. The van der Waals surface area contributed by atoms with E-state index in [0.717, 1.165) is 48.9 Å². The predicted molar refractivity (Wildman–Crippen MR) is 151 cm³/mol. The van der Waals surface area contributed by atoms with Crippen LogP contribution in [0.3, 0.4) is 0 Å². The van der Waals surface area contributed by atoms with Crippen LogP contribution in [0, 0.1) is 11.6 Å². The molecule has 1 saturated carbocycles. The normalized spacial score (nSPS) is 18.0. The maximum absolute atomic E-state index is 15.7. The van der Waals surface area contributed by atoms with Crippen molar-refractivity contribution < 1.29 is 21.9 Å². The number of ether oxygens (including phenoxy) is 1. The fraction of sp³-hybridized carbons (Fsp3) is 0.379. The molecule has 0 aliphatic heterocycles. The number of nitrogen functional groups attached to an aromatic ring is 1. The number of nitrogens with two attached hydrogens (primary N) is 2. The van der Waals surface area contributed by atoms with Gasteiger partial charge in [0.15, 0.2) is 9.84 Å². The lowest BCUT2D eigenvalue weighted by atomic mass is 9.82. The quantitative estimate of drug-likeness (QED) is 0.301. The number of nitrogens with zero attached hydrogens (tertiary/aromatic N) is 3. The van der Waals surface area contributed by atoms with Crippen LogP contribution in [0.4, 0.5) is 14.6 Å². The first kappa shape index (κ1) is 28.0. The van der Waals surface area contributed by atoms with Crippen molar-refractivity contribution in [2.45, 2.75) is 68.2 Å². The summed E-state index contributed by atoms with van der Waals surface area (Å²) in [4.78, 5) is 4.39. The van der Waals surface area contributed by atoms with Crippen molar-refractivity contribution in [3.05, 3.63) is 65.4 Å². The largest absolute Gasteiger partial charge is 0.497 e. The topological polar surface area (TPSA) is 126 Å². The SMILES string of the molecule is COc1ccc(S(=O)(=O)Cc2cc(F)c(-c3nn(C(C)C)c4c(C5CCC(N)CC5)cnc(N)c34)cc2F)cc1. The van der Waals surface area contributed by atoms with E-state index in [-0.39, 0.29) is 45.5 Å². The minimum Gasteiger partial charge on any atom is -0.497 e. The molecular weight excluding hydrogens is 536 g/mol. The maximum Gasteiger partial charge on any atom is 0.182 e. The van der Waals surface area contributed by atoms with E-state index >= 15 is 8.78 Å². The molecule has 5 rings (SSSR count).